The third kappa shape index (κ3) is 3.99. The van der Waals surface area contributed by atoms with Gasteiger partial charge in [-0.3, -0.25) is 9.52 Å². The van der Waals surface area contributed by atoms with Gasteiger partial charge in [0.25, 0.3) is 15.9 Å². The SMILES string of the molecule is Cc1cc(C(=O)N(C)C)ccc1NS(=O)(=O)c1ccc(F)c(C(=O)O)c1. The number of anilines is 1. The van der Waals surface area contributed by atoms with E-state index in [-0.39, 0.29) is 16.5 Å². The number of carbonyl (C=O) groups excluding carboxylic acids is 1. The first-order chi connectivity index (χ1) is 12.0. The molecule has 26 heavy (non-hydrogen) atoms. The van der Waals surface area contributed by atoms with Crippen molar-refractivity contribution in [2.45, 2.75) is 11.8 Å². The molecule has 0 unspecified atom stereocenters. The Hall–Kier alpha value is -2.94. The fourth-order valence-electron chi connectivity index (χ4n) is 2.21. The number of halogens is 1. The van der Waals surface area contributed by atoms with E-state index in [1.165, 1.54) is 23.1 Å². The van der Waals surface area contributed by atoms with Crippen LogP contribution in [0.2, 0.25) is 0 Å². The summed E-state index contributed by atoms with van der Waals surface area (Å²) in [4.78, 5) is 23.9. The minimum atomic E-state index is -4.13. The number of benzene rings is 2. The van der Waals surface area contributed by atoms with E-state index in [1.54, 1.807) is 21.0 Å². The first kappa shape index (κ1) is 19.4. The molecule has 2 aromatic carbocycles. The Labute approximate surface area is 150 Å². The molecule has 0 radical (unpaired) electrons. The molecule has 9 heteroatoms. The summed E-state index contributed by atoms with van der Waals surface area (Å²) in [6, 6.07) is 6.95. The molecular weight excluding hydrogens is 363 g/mol. The lowest BCUT2D eigenvalue weighted by Crippen LogP contribution is -2.22. The quantitative estimate of drug-likeness (QED) is 0.829. The Morgan fingerprint density at radius 2 is 1.77 bits per heavy atom. The molecule has 138 valence electrons. The van der Waals surface area contributed by atoms with Crippen molar-refractivity contribution >= 4 is 27.6 Å². The molecule has 0 aromatic heterocycles. The highest BCUT2D eigenvalue weighted by molar-refractivity contribution is 7.92. The van der Waals surface area contributed by atoms with Gasteiger partial charge < -0.3 is 10.0 Å². The lowest BCUT2D eigenvalue weighted by Gasteiger charge is -2.14. The molecule has 0 heterocycles. The number of aryl methyl sites for hydroxylation is 1. The van der Waals surface area contributed by atoms with E-state index in [1.807, 2.05) is 0 Å². The van der Waals surface area contributed by atoms with Gasteiger partial charge in [-0.05, 0) is 48.9 Å². The van der Waals surface area contributed by atoms with E-state index in [4.69, 9.17) is 5.11 Å². The average molecular weight is 380 g/mol. The van der Waals surface area contributed by atoms with Crippen molar-refractivity contribution in [2.24, 2.45) is 0 Å². The number of sulfonamides is 1. The molecule has 0 atom stereocenters. The Morgan fingerprint density at radius 3 is 2.31 bits per heavy atom. The van der Waals surface area contributed by atoms with Crippen molar-refractivity contribution < 1.29 is 27.5 Å². The van der Waals surface area contributed by atoms with E-state index in [9.17, 15) is 22.4 Å². The molecule has 0 saturated carbocycles. The maximum Gasteiger partial charge on any atom is 0.338 e. The predicted molar refractivity (Wildman–Crippen MR) is 93.4 cm³/mol. The van der Waals surface area contributed by atoms with Gasteiger partial charge in [-0.15, -0.1) is 0 Å². The summed E-state index contributed by atoms with van der Waals surface area (Å²) in [5.41, 5.74) is 0.380. The highest BCUT2D eigenvalue weighted by Crippen LogP contribution is 2.23. The number of rotatable bonds is 5. The number of nitrogens with zero attached hydrogens (tertiary/aromatic N) is 1. The van der Waals surface area contributed by atoms with Crippen molar-refractivity contribution in [3.63, 3.8) is 0 Å². The van der Waals surface area contributed by atoms with E-state index < -0.39 is 27.4 Å². The number of amides is 1. The molecule has 7 nitrogen and oxygen atoms in total. The summed E-state index contributed by atoms with van der Waals surface area (Å²) in [7, 11) is -0.933. The monoisotopic (exact) mass is 380 g/mol. The van der Waals surface area contributed by atoms with E-state index in [0.29, 0.717) is 11.1 Å². The first-order valence-corrected chi connectivity index (χ1v) is 8.89. The molecule has 0 aliphatic heterocycles. The zero-order valence-electron chi connectivity index (χ0n) is 14.3. The van der Waals surface area contributed by atoms with Crippen molar-refractivity contribution in [1.29, 1.82) is 0 Å². The molecule has 0 saturated heterocycles. The summed E-state index contributed by atoms with van der Waals surface area (Å²) in [5, 5.41) is 8.93. The molecule has 0 fully saturated rings. The third-order valence-corrected chi connectivity index (χ3v) is 4.97. The number of carbonyl (C=O) groups is 2. The van der Waals surface area contributed by atoms with Gasteiger partial charge in [-0.2, -0.15) is 0 Å². The summed E-state index contributed by atoms with van der Waals surface area (Å²) < 4.78 is 40.7. The zero-order chi connectivity index (χ0) is 19.6. The number of hydrogen-bond donors (Lipinski definition) is 2. The second kappa shape index (κ2) is 7.12. The largest absolute Gasteiger partial charge is 0.478 e. The maximum absolute atomic E-state index is 13.5. The van der Waals surface area contributed by atoms with E-state index in [2.05, 4.69) is 4.72 Å². The summed E-state index contributed by atoms with van der Waals surface area (Å²) in [6.45, 7) is 1.62. The van der Waals surface area contributed by atoms with Crippen LogP contribution >= 0.6 is 0 Å². The maximum atomic E-state index is 13.5. The second-order valence-electron chi connectivity index (χ2n) is 5.78. The van der Waals surface area contributed by atoms with Crippen LogP contribution in [0.4, 0.5) is 10.1 Å². The molecule has 1 amide bonds. The fraction of sp³-hybridized carbons (Fsp3) is 0.176. The lowest BCUT2D eigenvalue weighted by atomic mass is 10.1. The van der Waals surface area contributed by atoms with Gasteiger partial charge in [0.1, 0.15) is 5.82 Å². The number of nitrogens with one attached hydrogen (secondary N) is 1. The van der Waals surface area contributed by atoms with Crippen molar-refractivity contribution in [3.05, 3.63) is 58.9 Å². The minimum Gasteiger partial charge on any atom is -0.478 e. The van der Waals surface area contributed by atoms with Crippen molar-refractivity contribution in [1.82, 2.24) is 4.90 Å². The Balaban J connectivity index is 2.37. The Morgan fingerprint density at radius 1 is 1.12 bits per heavy atom. The molecule has 0 aliphatic carbocycles. The zero-order valence-corrected chi connectivity index (χ0v) is 15.1. The third-order valence-electron chi connectivity index (χ3n) is 3.60. The molecule has 2 aromatic rings. The number of carboxylic acids is 1. The van der Waals surface area contributed by atoms with Gasteiger partial charge >= 0.3 is 5.97 Å². The van der Waals surface area contributed by atoms with Crippen LogP contribution in [0.15, 0.2) is 41.3 Å². The predicted octanol–water partition coefficient (Wildman–Crippen LogP) is 2.33. The molecule has 0 bridgehead atoms. The standard InChI is InChI=1S/C17H17FN2O5S/c1-10-8-11(16(21)20(2)3)4-7-15(10)19-26(24,25)12-5-6-14(18)13(9-12)17(22)23/h4-9,19H,1-3H3,(H,22,23). The normalized spacial score (nSPS) is 11.1. The van der Waals surface area contributed by atoms with Gasteiger partial charge in [-0.25, -0.2) is 17.6 Å². The highest BCUT2D eigenvalue weighted by atomic mass is 32.2. The number of hydrogen-bond acceptors (Lipinski definition) is 4. The molecule has 0 spiro atoms. The van der Waals surface area contributed by atoms with E-state index in [0.717, 1.165) is 18.2 Å². The molecule has 2 N–H and O–H groups in total. The molecular formula is C17H17FN2O5S. The second-order valence-corrected chi connectivity index (χ2v) is 7.46. The van der Waals surface area contributed by atoms with Crippen LogP contribution in [-0.4, -0.2) is 44.4 Å². The summed E-state index contributed by atoms with van der Waals surface area (Å²) in [5.74, 6) is -2.83. The number of carboxylic acid groups (broad SMARTS) is 1. The van der Waals surface area contributed by atoms with Gasteiger partial charge in [-0.1, -0.05) is 0 Å². The van der Waals surface area contributed by atoms with Crippen LogP contribution in [0.25, 0.3) is 0 Å². The minimum absolute atomic E-state index is 0.224. The van der Waals surface area contributed by atoms with Crippen LogP contribution < -0.4 is 4.72 Å². The van der Waals surface area contributed by atoms with Gasteiger partial charge in [0.2, 0.25) is 0 Å². The van der Waals surface area contributed by atoms with Crippen LogP contribution in [0.1, 0.15) is 26.3 Å². The Kier molecular flexibility index (Phi) is 5.31. The number of aromatic carboxylic acids is 1. The Bertz CT molecular complexity index is 987. The molecule has 0 aliphatic rings. The van der Waals surface area contributed by atoms with Gasteiger partial charge in [0, 0.05) is 19.7 Å². The van der Waals surface area contributed by atoms with Crippen LogP contribution in [0, 0.1) is 12.7 Å². The van der Waals surface area contributed by atoms with E-state index >= 15 is 0 Å². The topological polar surface area (TPSA) is 104 Å². The highest BCUT2D eigenvalue weighted by Gasteiger charge is 2.20. The molecule has 2 rings (SSSR count). The van der Waals surface area contributed by atoms with Crippen LogP contribution in [-0.2, 0) is 10.0 Å². The summed E-state index contributed by atoms with van der Waals surface area (Å²) >= 11 is 0. The smallest absolute Gasteiger partial charge is 0.338 e. The van der Waals surface area contributed by atoms with Gasteiger partial charge in [0.15, 0.2) is 0 Å². The first-order valence-electron chi connectivity index (χ1n) is 7.41. The van der Waals surface area contributed by atoms with Crippen molar-refractivity contribution in [3.8, 4) is 0 Å². The average Bonchev–Trinajstić information content (AvgIpc) is 2.55. The van der Waals surface area contributed by atoms with Crippen LogP contribution in [0.5, 0.6) is 0 Å². The fourth-order valence-corrected chi connectivity index (χ4v) is 3.37. The lowest BCUT2D eigenvalue weighted by molar-refractivity contribution is 0.0691. The van der Waals surface area contributed by atoms with Crippen LogP contribution in [0.3, 0.4) is 0 Å². The van der Waals surface area contributed by atoms with Gasteiger partial charge in [0.05, 0.1) is 16.1 Å². The van der Waals surface area contributed by atoms with Crippen molar-refractivity contribution in [2.75, 3.05) is 18.8 Å². The summed E-state index contributed by atoms with van der Waals surface area (Å²) in [6.07, 6.45) is 0.